The van der Waals surface area contributed by atoms with Crippen LogP contribution in [0.1, 0.15) is 137 Å². The number of hydrogen-bond donors (Lipinski definition) is 2. The van der Waals surface area contributed by atoms with Gasteiger partial charge in [-0.15, -0.1) is 12.8 Å². The number of carbonyl (C=O) groups is 8. The molecule has 0 saturated heterocycles. The fourth-order valence-electron chi connectivity index (χ4n) is 7.37. The summed E-state index contributed by atoms with van der Waals surface area (Å²) in [6.45, 7) is 20.8. The molecule has 2 heterocycles. The number of nitrogens with one attached hydrogen (secondary N) is 2. The van der Waals surface area contributed by atoms with Gasteiger partial charge in [0.05, 0.1) is 33.3 Å². The molecule has 378 valence electrons. The van der Waals surface area contributed by atoms with Crippen LogP contribution in [-0.4, -0.2) is 69.2 Å². The van der Waals surface area contributed by atoms with Gasteiger partial charge < -0.3 is 29.2 Å². The van der Waals surface area contributed by atoms with Crippen molar-refractivity contribution in [3.05, 3.63) is 104 Å². The van der Waals surface area contributed by atoms with E-state index in [2.05, 4.69) is 22.5 Å². The summed E-state index contributed by atoms with van der Waals surface area (Å²) in [6.07, 6.45) is 10.6. The molecule has 0 aliphatic heterocycles. The Morgan fingerprint density at radius 1 is 0.620 bits per heavy atom. The Kier molecular flexibility index (Phi) is 18.7. The number of ether oxygens (including phenoxy) is 2. The van der Waals surface area contributed by atoms with Crippen molar-refractivity contribution in [2.75, 3.05) is 23.8 Å². The van der Waals surface area contributed by atoms with Crippen molar-refractivity contribution in [2.24, 2.45) is 36.3 Å². The summed E-state index contributed by atoms with van der Waals surface area (Å²) in [5.74, 6) is -1.17. The van der Waals surface area contributed by atoms with Crippen molar-refractivity contribution in [1.82, 2.24) is 9.13 Å². The van der Waals surface area contributed by atoms with Gasteiger partial charge in [-0.1, -0.05) is 25.7 Å². The van der Waals surface area contributed by atoms with Crippen molar-refractivity contribution >= 4 is 58.3 Å². The molecule has 4 aromatic rings. The van der Waals surface area contributed by atoms with E-state index in [1.807, 2.05) is 0 Å². The zero-order valence-electron chi connectivity index (χ0n) is 43.3. The van der Waals surface area contributed by atoms with Gasteiger partial charge in [0.1, 0.15) is 36.2 Å². The highest BCUT2D eigenvalue weighted by molar-refractivity contribution is 6.45. The number of aromatic nitrogens is 2. The van der Waals surface area contributed by atoms with E-state index in [1.54, 1.807) is 104 Å². The third-order valence-corrected chi connectivity index (χ3v) is 12.0. The van der Waals surface area contributed by atoms with Crippen LogP contribution in [0.2, 0.25) is 0 Å². The molecule has 4 rings (SSSR count). The van der Waals surface area contributed by atoms with E-state index < -0.39 is 74.8 Å². The van der Waals surface area contributed by atoms with E-state index in [-0.39, 0.29) is 54.5 Å². The van der Waals surface area contributed by atoms with E-state index in [1.165, 1.54) is 45.5 Å². The molecule has 71 heavy (non-hydrogen) atoms. The van der Waals surface area contributed by atoms with Gasteiger partial charge in [0.25, 0.3) is 11.8 Å². The van der Waals surface area contributed by atoms with Crippen LogP contribution in [0, 0.1) is 100 Å². The number of nitrogens with zero attached hydrogens (tertiary/aromatic N) is 2. The lowest BCUT2D eigenvalue weighted by Gasteiger charge is -2.25. The summed E-state index contributed by atoms with van der Waals surface area (Å²) in [5, 5.41) is 5.41. The van der Waals surface area contributed by atoms with Crippen LogP contribution in [0.15, 0.2) is 36.4 Å². The first-order valence-corrected chi connectivity index (χ1v) is 22.7. The summed E-state index contributed by atoms with van der Waals surface area (Å²) in [4.78, 5) is 102. The number of halogens is 2. The average Bonchev–Trinajstić information content (AvgIpc) is 3.66. The van der Waals surface area contributed by atoms with E-state index in [4.69, 9.17) is 22.3 Å². The van der Waals surface area contributed by atoms with Crippen molar-refractivity contribution in [2.45, 2.75) is 103 Å². The summed E-state index contributed by atoms with van der Waals surface area (Å²) in [7, 11) is 3.23. The number of ketones is 4. The highest BCUT2D eigenvalue weighted by Gasteiger charge is 2.37. The fraction of sp³-hybridized carbons (Fsp3) is 0.418. The lowest BCUT2D eigenvalue weighted by atomic mass is 9.84. The number of esters is 2. The molecule has 0 fully saturated rings. The van der Waals surface area contributed by atoms with Crippen molar-refractivity contribution < 1.29 is 56.6 Å². The Morgan fingerprint density at radius 3 is 1.28 bits per heavy atom. The molecule has 0 aliphatic rings. The first-order valence-electron chi connectivity index (χ1n) is 22.7. The molecular weight excluding hydrogens is 915 g/mol. The lowest BCUT2D eigenvalue weighted by molar-refractivity contribution is -0.155. The van der Waals surface area contributed by atoms with E-state index in [0.29, 0.717) is 45.0 Å². The SMILES string of the molecule is C#CC(C)(COC(=O)C(C)(C)C)CC(=O)C(=O)c1c(C)c(C(=O)Nc2ccc(F)c(C)c2)n(C)c1C.C#CC(C)(COC(=O)C(C)C)CC(=O)C(=O)c1c(C)c(C(=O)Nc2ccc(F)c(C)c2)n(C)c1C. The molecule has 2 N–H and O–H groups in total. The van der Waals surface area contributed by atoms with Crippen LogP contribution in [-0.2, 0) is 42.7 Å². The molecule has 0 saturated carbocycles. The molecule has 0 aliphatic carbocycles. The number of Topliss-reactive ketones (excluding diaryl/α,β-unsaturated/α-hetero) is 4. The van der Waals surface area contributed by atoms with E-state index in [0.717, 1.165) is 0 Å². The Morgan fingerprint density at radius 2 is 0.972 bits per heavy atom. The normalized spacial score (nSPS) is 12.7. The van der Waals surface area contributed by atoms with Crippen LogP contribution in [0.4, 0.5) is 20.2 Å². The predicted octanol–water partition coefficient (Wildman–Crippen LogP) is 9.03. The Hall–Kier alpha value is -7.46. The van der Waals surface area contributed by atoms with Crippen molar-refractivity contribution in [1.29, 1.82) is 0 Å². The third kappa shape index (κ3) is 13.9. The molecule has 2 aromatic heterocycles. The number of carbonyl (C=O) groups excluding carboxylic acids is 8. The van der Waals surface area contributed by atoms with Gasteiger partial charge in [0, 0.05) is 49.7 Å². The van der Waals surface area contributed by atoms with Gasteiger partial charge in [0.15, 0.2) is 0 Å². The van der Waals surface area contributed by atoms with Crippen molar-refractivity contribution in [3.8, 4) is 24.7 Å². The van der Waals surface area contributed by atoms with Crippen molar-refractivity contribution in [3.63, 3.8) is 0 Å². The number of hydrogen-bond acceptors (Lipinski definition) is 10. The van der Waals surface area contributed by atoms with Gasteiger partial charge in [-0.2, -0.15) is 0 Å². The van der Waals surface area contributed by atoms with Gasteiger partial charge >= 0.3 is 11.9 Å². The molecule has 14 nitrogen and oxygen atoms in total. The summed E-state index contributed by atoms with van der Waals surface area (Å²) in [6, 6.07) is 8.38. The minimum Gasteiger partial charge on any atom is -0.464 e. The summed E-state index contributed by atoms with van der Waals surface area (Å²) in [5.41, 5.74) is 0.672. The van der Waals surface area contributed by atoms with Crippen LogP contribution in [0.25, 0.3) is 0 Å². The number of benzene rings is 2. The second-order valence-electron chi connectivity index (χ2n) is 19.7. The second kappa shape index (κ2) is 23.0. The predicted molar refractivity (Wildman–Crippen MR) is 266 cm³/mol. The van der Waals surface area contributed by atoms with Gasteiger partial charge in [-0.05, 0) is 135 Å². The summed E-state index contributed by atoms with van der Waals surface area (Å²) >= 11 is 0. The molecule has 0 radical (unpaired) electrons. The minimum absolute atomic E-state index is 0.119. The third-order valence-electron chi connectivity index (χ3n) is 12.0. The molecule has 0 bridgehead atoms. The molecular formula is C55H64F2N4O10. The number of anilines is 2. The van der Waals surface area contributed by atoms with Gasteiger partial charge in [-0.25, -0.2) is 8.78 Å². The van der Waals surface area contributed by atoms with Gasteiger partial charge in [0.2, 0.25) is 23.1 Å². The Bertz CT molecular complexity index is 2900. The first-order chi connectivity index (χ1) is 32.7. The zero-order valence-corrected chi connectivity index (χ0v) is 43.3. The largest absolute Gasteiger partial charge is 0.464 e. The number of rotatable bonds is 17. The van der Waals surface area contributed by atoms with Crippen LogP contribution < -0.4 is 10.6 Å². The zero-order chi connectivity index (χ0) is 54.2. The maximum Gasteiger partial charge on any atom is 0.311 e. The second-order valence-corrected chi connectivity index (χ2v) is 19.7. The number of aryl methyl sites for hydroxylation is 2. The van der Waals surface area contributed by atoms with Gasteiger partial charge in [-0.3, -0.25) is 38.4 Å². The molecule has 2 aromatic carbocycles. The lowest BCUT2D eigenvalue weighted by Crippen LogP contribution is -2.32. The maximum absolute atomic E-state index is 13.6. The van der Waals surface area contributed by atoms with E-state index >= 15 is 0 Å². The fourth-order valence-corrected chi connectivity index (χ4v) is 7.37. The molecule has 2 amide bonds. The molecule has 2 unspecified atom stereocenters. The molecule has 16 heteroatoms. The number of amides is 2. The molecule has 2 atom stereocenters. The Balaban J connectivity index is 0.000000375. The number of terminal acetylenes is 2. The smallest absolute Gasteiger partial charge is 0.311 e. The topological polar surface area (TPSA) is 189 Å². The summed E-state index contributed by atoms with van der Waals surface area (Å²) < 4.78 is 40.7. The monoisotopic (exact) mass is 978 g/mol. The van der Waals surface area contributed by atoms with Crippen LogP contribution in [0.3, 0.4) is 0 Å². The maximum atomic E-state index is 13.6. The highest BCUT2D eigenvalue weighted by Crippen LogP contribution is 2.30. The quantitative estimate of drug-likeness (QED) is 0.0447. The standard InChI is InChI=1S/C28H33FN2O5.C27H31FN2O5/c1-10-28(8,15-36-26(35)27(5,6)7)14-21(32)24(33)22-17(3)23(31(9)18(22)4)25(34)30-19-11-12-20(29)16(2)13-19;1-9-27(7,14-35-26(34)15(2)3)13-21(31)24(32)22-17(5)23(30(8)18(22)6)25(33)29-19-10-11-20(28)16(4)12-19/h1,11-13H,14-15H2,2-9H3,(H,30,34);1,10-12,15H,13-14H2,2-8H3,(H,29,33). The van der Waals surface area contributed by atoms with E-state index in [9.17, 15) is 47.1 Å². The highest BCUT2D eigenvalue weighted by atomic mass is 19.1. The first kappa shape index (κ1) is 57.9. The molecule has 0 spiro atoms. The van der Waals surface area contributed by atoms with Crippen LogP contribution in [0.5, 0.6) is 0 Å². The Labute approximate surface area is 414 Å². The van der Waals surface area contributed by atoms with Crippen LogP contribution >= 0.6 is 0 Å². The average molecular weight is 979 g/mol. The minimum atomic E-state index is -1.18.